The molecule has 0 unspecified atom stereocenters. The lowest BCUT2D eigenvalue weighted by Crippen LogP contribution is -2.11. The molecule has 134 valence electrons. The molecule has 0 saturated heterocycles. The molecule has 6 heteroatoms. The molecule has 6 nitrogen and oxygen atoms in total. The van der Waals surface area contributed by atoms with Crippen LogP contribution in [0.15, 0.2) is 53.1 Å². The van der Waals surface area contributed by atoms with Crippen LogP contribution in [0.4, 0.5) is 5.69 Å². The molecular weight excluding hydrogens is 330 g/mol. The van der Waals surface area contributed by atoms with Crippen LogP contribution in [-0.4, -0.2) is 16.0 Å². The molecular formula is C20H21N3O3. The first-order valence-corrected chi connectivity index (χ1v) is 8.44. The van der Waals surface area contributed by atoms with Crippen LogP contribution in [0.5, 0.6) is 5.75 Å². The van der Waals surface area contributed by atoms with Gasteiger partial charge in [0.2, 0.25) is 11.7 Å². The number of aryl methyl sites for hydroxylation is 1. The van der Waals surface area contributed by atoms with E-state index in [9.17, 15) is 4.79 Å². The van der Waals surface area contributed by atoms with E-state index < -0.39 is 0 Å². The van der Waals surface area contributed by atoms with Gasteiger partial charge in [0, 0.05) is 18.2 Å². The minimum absolute atomic E-state index is 0.164. The van der Waals surface area contributed by atoms with Crippen molar-refractivity contribution in [3.63, 3.8) is 0 Å². The normalized spacial score (nSPS) is 10.8. The molecule has 0 aliphatic heterocycles. The van der Waals surface area contributed by atoms with Crippen molar-refractivity contribution >= 4 is 11.6 Å². The summed E-state index contributed by atoms with van der Waals surface area (Å²) in [4.78, 5) is 16.4. The predicted octanol–water partition coefficient (Wildman–Crippen LogP) is 4.33. The van der Waals surface area contributed by atoms with Crippen molar-refractivity contribution in [2.24, 2.45) is 0 Å². The van der Waals surface area contributed by atoms with Gasteiger partial charge in [0.15, 0.2) is 6.61 Å². The zero-order valence-electron chi connectivity index (χ0n) is 15.0. The molecule has 0 fully saturated rings. The molecule has 1 N–H and O–H groups in total. The average Bonchev–Trinajstić information content (AvgIpc) is 3.06. The second-order valence-corrected chi connectivity index (χ2v) is 6.27. The Kier molecular flexibility index (Phi) is 5.31. The molecule has 0 aliphatic rings. The Bertz CT molecular complexity index is 868. The zero-order valence-corrected chi connectivity index (χ0v) is 15.0. The molecule has 3 rings (SSSR count). The number of aromatic nitrogens is 2. The third kappa shape index (κ3) is 4.47. The highest BCUT2D eigenvalue weighted by molar-refractivity contribution is 6.04. The number of hydrogen-bond acceptors (Lipinski definition) is 5. The van der Waals surface area contributed by atoms with E-state index in [1.54, 1.807) is 31.2 Å². The van der Waals surface area contributed by atoms with E-state index in [0.717, 1.165) is 5.69 Å². The number of anilines is 1. The van der Waals surface area contributed by atoms with Gasteiger partial charge in [-0.25, -0.2) is 0 Å². The third-order valence-electron chi connectivity index (χ3n) is 3.89. The van der Waals surface area contributed by atoms with E-state index in [4.69, 9.17) is 9.26 Å². The second-order valence-electron chi connectivity index (χ2n) is 6.27. The standard InChI is InChI=1S/C20H21N3O3/c1-13(2)15-4-8-17(9-5-15)22-20(24)16-6-10-18(11-7-16)25-12-19-21-14(3)26-23-19/h4-11,13H,12H2,1-3H3,(H,22,24). The fourth-order valence-corrected chi connectivity index (χ4v) is 2.40. The number of nitrogens with one attached hydrogen (secondary N) is 1. The fraction of sp³-hybridized carbons (Fsp3) is 0.250. The molecule has 0 spiro atoms. The lowest BCUT2D eigenvalue weighted by molar-refractivity contribution is 0.102. The van der Waals surface area contributed by atoms with Crippen molar-refractivity contribution in [1.29, 1.82) is 0 Å². The van der Waals surface area contributed by atoms with Crippen molar-refractivity contribution in [2.45, 2.75) is 33.3 Å². The number of nitrogens with zero attached hydrogens (tertiary/aromatic N) is 2. The van der Waals surface area contributed by atoms with Crippen LogP contribution < -0.4 is 10.1 Å². The van der Waals surface area contributed by atoms with Gasteiger partial charge in [-0.3, -0.25) is 4.79 Å². The van der Waals surface area contributed by atoms with E-state index in [1.165, 1.54) is 5.56 Å². The van der Waals surface area contributed by atoms with Crippen molar-refractivity contribution in [3.8, 4) is 5.75 Å². The first-order valence-electron chi connectivity index (χ1n) is 8.44. The highest BCUT2D eigenvalue weighted by Crippen LogP contribution is 2.19. The fourth-order valence-electron chi connectivity index (χ4n) is 2.40. The molecule has 0 aliphatic carbocycles. The Labute approximate surface area is 152 Å². The summed E-state index contributed by atoms with van der Waals surface area (Å²) >= 11 is 0. The Morgan fingerprint density at radius 1 is 1.12 bits per heavy atom. The minimum Gasteiger partial charge on any atom is -0.485 e. The Hall–Kier alpha value is -3.15. The number of ether oxygens (including phenoxy) is 1. The van der Waals surface area contributed by atoms with Gasteiger partial charge in [-0.1, -0.05) is 31.1 Å². The smallest absolute Gasteiger partial charge is 0.255 e. The maximum atomic E-state index is 12.3. The minimum atomic E-state index is -0.164. The lowest BCUT2D eigenvalue weighted by Gasteiger charge is -2.09. The van der Waals surface area contributed by atoms with E-state index in [0.29, 0.717) is 28.9 Å². The van der Waals surface area contributed by atoms with Gasteiger partial charge in [0.05, 0.1) is 0 Å². The molecule has 3 aromatic rings. The first kappa shape index (κ1) is 17.7. The SMILES string of the molecule is Cc1nc(COc2ccc(C(=O)Nc3ccc(C(C)C)cc3)cc2)no1. The number of carbonyl (C=O) groups excluding carboxylic acids is 1. The molecule has 0 bridgehead atoms. The quantitative estimate of drug-likeness (QED) is 0.715. The van der Waals surface area contributed by atoms with Gasteiger partial charge < -0.3 is 14.6 Å². The van der Waals surface area contributed by atoms with Gasteiger partial charge in [-0.15, -0.1) is 0 Å². The van der Waals surface area contributed by atoms with E-state index >= 15 is 0 Å². The maximum Gasteiger partial charge on any atom is 0.255 e. The monoisotopic (exact) mass is 351 g/mol. The van der Waals surface area contributed by atoms with Crippen LogP contribution in [0.2, 0.25) is 0 Å². The third-order valence-corrected chi connectivity index (χ3v) is 3.89. The molecule has 1 amide bonds. The number of rotatable bonds is 6. The highest BCUT2D eigenvalue weighted by atomic mass is 16.5. The average molecular weight is 351 g/mol. The number of benzene rings is 2. The molecule has 0 saturated carbocycles. The molecule has 0 atom stereocenters. The van der Waals surface area contributed by atoms with Crippen LogP contribution in [0.25, 0.3) is 0 Å². The van der Waals surface area contributed by atoms with Crippen molar-refractivity contribution < 1.29 is 14.1 Å². The Balaban J connectivity index is 1.57. The van der Waals surface area contributed by atoms with Gasteiger partial charge in [0.25, 0.3) is 5.91 Å². The largest absolute Gasteiger partial charge is 0.485 e. The van der Waals surface area contributed by atoms with Crippen LogP contribution in [-0.2, 0) is 6.61 Å². The Morgan fingerprint density at radius 2 is 1.81 bits per heavy atom. The van der Waals surface area contributed by atoms with Gasteiger partial charge >= 0.3 is 0 Å². The second kappa shape index (κ2) is 7.82. The molecule has 0 radical (unpaired) electrons. The van der Waals surface area contributed by atoms with E-state index in [2.05, 4.69) is 29.3 Å². The van der Waals surface area contributed by atoms with Gasteiger partial charge in [0.1, 0.15) is 5.75 Å². The van der Waals surface area contributed by atoms with Crippen LogP contribution in [0, 0.1) is 6.92 Å². The summed E-state index contributed by atoms with van der Waals surface area (Å²) in [5.74, 6) is 1.91. The summed E-state index contributed by atoms with van der Waals surface area (Å²) in [5, 5.41) is 6.66. The summed E-state index contributed by atoms with van der Waals surface area (Å²) in [7, 11) is 0. The number of hydrogen-bond donors (Lipinski definition) is 1. The van der Waals surface area contributed by atoms with Crippen molar-refractivity contribution in [3.05, 3.63) is 71.4 Å². The van der Waals surface area contributed by atoms with Crippen LogP contribution >= 0.6 is 0 Å². The van der Waals surface area contributed by atoms with Gasteiger partial charge in [-0.2, -0.15) is 4.98 Å². The summed E-state index contributed by atoms with van der Waals surface area (Å²) in [6.45, 7) is 6.21. The molecule has 1 aromatic heterocycles. The van der Waals surface area contributed by atoms with E-state index in [1.807, 2.05) is 24.3 Å². The van der Waals surface area contributed by atoms with Gasteiger partial charge in [-0.05, 0) is 47.9 Å². The van der Waals surface area contributed by atoms with Crippen molar-refractivity contribution in [1.82, 2.24) is 10.1 Å². The maximum absolute atomic E-state index is 12.3. The van der Waals surface area contributed by atoms with E-state index in [-0.39, 0.29) is 12.5 Å². The van der Waals surface area contributed by atoms with Crippen molar-refractivity contribution in [2.75, 3.05) is 5.32 Å². The van der Waals surface area contributed by atoms with Crippen LogP contribution in [0.1, 0.15) is 47.4 Å². The summed E-state index contributed by atoms with van der Waals surface area (Å²) in [5.41, 5.74) is 2.56. The predicted molar refractivity (Wildman–Crippen MR) is 98.3 cm³/mol. The molecule has 1 heterocycles. The highest BCUT2D eigenvalue weighted by Gasteiger charge is 2.08. The number of carbonyl (C=O) groups is 1. The lowest BCUT2D eigenvalue weighted by atomic mass is 10.0. The van der Waals surface area contributed by atoms with Crippen LogP contribution in [0.3, 0.4) is 0 Å². The topological polar surface area (TPSA) is 77.2 Å². The molecule has 26 heavy (non-hydrogen) atoms. The summed E-state index contributed by atoms with van der Waals surface area (Å²) < 4.78 is 10.5. The number of amides is 1. The summed E-state index contributed by atoms with van der Waals surface area (Å²) in [6, 6.07) is 14.8. The zero-order chi connectivity index (χ0) is 18.5. The Morgan fingerprint density at radius 3 is 2.38 bits per heavy atom. The first-order chi connectivity index (χ1) is 12.5. The summed E-state index contributed by atoms with van der Waals surface area (Å²) in [6.07, 6.45) is 0. The molecule has 2 aromatic carbocycles.